The number of hydrogen-bond donors (Lipinski definition) is 2. The van der Waals surface area contributed by atoms with Crippen LogP contribution in [0.15, 0.2) is 0 Å². The highest BCUT2D eigenvalue weighted by molar-refractivity contribution is 5.81. The monoisotopic (exact) mass is 270 g/mol. The molecule has 4 heteroatoms. The van der Waals surface area contributed by atoms with Gasteiger partial charge >= 0.3 is 0 Å². The summed E-state index contributed by atoms with van der Waals surface area (Å²) < 4.78 is 4.91. The van der Waals surface area contributed by atoms with Crippen molar-refractivity contribution in [2.75, 3.05) is 26.8 Å². The zero-order chi connectivity index (χ0) is 14.1. The molecule has 0 spiro atoms. The quantitative estimate of drug-likeness (QED) is 0.663. The topological polar surface area (TPSA) is 50.4 Å². The van der Waals surface area contributed by atoms with Crippen LogP contribution in [0.5, 0.6) is 0 Å². The number of hydrogen-bond acceptors (Lipinski definition) is 3. The summed E-state index contributed by atoms with van der Waals surface area (Å²) >= 11 is 0. The Morgan fingerprint density at radius 1 is 1.37 bits per heavy atom. The lowest BCUT2D eigenvalue weighted by Crippen LogP contribution is -2.43. The molecule has 0 saturated heterocycles. The SMILES string of the molecule is COCCNC(=O)C(C)NCCC1CCCC(C)C1. The molecular weight excluding hydrogens is 240 g/mol. The van der Waals surface area contributed by atoms with Crippen molar-refractivity contribution in [3.05, 3.63) is 0 Å². The molecule has 1 aliphatic carbocycles. The fraction of sp³-hybridized carbons (Fsp3) is 0.933. The first-order chi connectivity index (χ1) is 9.13. The van der Waals surface area contributed by atoms with Crippen molar-refractivity contribution >= 4 is 5.91 Å². The summed E-state index contributed by atoms with van der Waals surface area (Å²) in [6, 6.07) is -0.113. The van der Waals surface area contributed by atoms with Crippen molar-refractivity contribution in [3.63, 3.8) is 0 Å². The van der Waals surface area contributed by atoms with E-state index in [1.165, 1.54) is 32.1 Å². The molecule has 0 aromatic heterocycles. The van der Waals surface area contributed by atoms with Crippen molar-refractivity contribution in [1.82, 2.24) is 10.6 Å². The molecule has 3 atom stereocenters. The third-order valence-corrected chi connectivity index (χ3v) is 4.05. The average Bonchev–Trinajstić information content (AvgIpc) is 2.39. The van der Waals surface area contributed by atoms with Crippen molar-refractivity contribution < 1.29 is 9.53 Å². The van der Waals surface area contributed by atoms with Gasteiger partial charge in [-0.1, -0.05) is 26.2 Å². The zero-order valence-electron chi connectivity index (χ0n) is 12.7. The van der Waals surface area contributed by atoms with Gasteiger partial charge in [0.05, 0.1) is 12.6 Å². The number of nitrogens with one attached hydrogen (secondary N) is 2. The van der Waals surface area contributed by atoms with E-state index in [0.717, 1.165) is 18.4 Å². The largest absolute Gasteiger partial charge is 0.383 e. The predicted octanol–water partition coefficient (Wildman–Crippen LogP) is 1.94. The van der Waals surface area contributed by atoms with E-state index in [1.54, 1.807) is 7.11 Å². The summed E-state index contributed by atoms with van der Waals surface area (Å²) in [6.07, 6.45) is 6.68. The predicted molar refractivity (Wildman–Crippen MR) is 78.1 cm³/mol. The molecule has 3 unspecified atom stereocenters. The Bertz CT molecular complexity index is 259. The highest BCUT2D eigenvalue weighted by Gasteiger charge is 2.19. The molecular formula is C15H30N2O2. The second-order valence-corrected chi connectivity index (χ2v) is 5.89. The van der Waals surface area contributed by atoms with E-state index >= 15 is 0 Å². The lowest BCUT2D eigenvalue weighted by atomic mass is 9.81. The van der Waals surface area contributed by atoms with Crippen LogP contribution in [0.4, 0.5) is 0 Å². The number of methoxy groups -OCH3 is 1. The van der Waals surface area contributed by atoms with Crippen LogP contribution in [-0.4, -0.2) is 38.8 Å². The van der Waals surface area contributed by atoms with E-state index < -0.39 is 0 Å². The van der Waals surface area contributed by atoms with Gasteiger partial charge in [-0.2, -0.15) is 0 Å². The van der Waals surface area contributed by atoms with Gasteiger partial charge in [-0.15, -0.1) is 0 Å². The lowest BCUT2D eigenvalue weighted by molar-refractivity contribution is -0.122. The highest BCUT2D eigenvalue weighted by Crippen LogP contribution is 2.30. The smallest absolute Gasteiger partial charge is 0.236 e. The number of carbonyl (C=O) groups is 1. The van der Waals surface area contributed by atoms with E-state index in [-0.39, 0.29) is 11.9 Å². The van der Waals surface area contributed by atoms with Crippen LogP contribution in [-0.2, 0) is 9.53 Å². The Balaban J connectivity index is 2.08. The zero-order valence-corrected chi connectivity index (χ0v) is 12.7. The van der Waals surface area contributed by atoms with Crippen molar-refractivity contribution in [1.29, 1.82) is 0 Å². The summed E-state index contributed by atoms with van der Waals surface area (Å²) in [6.45, 7) is 6.37. The maximum Gasteiger partial charge on any atom is 0.236 e. The van der Waals surface area contributed by atoms with Crippen LogP contribution in [0.3, 0.4) is 0 Å². The fourth-order valence-corrected chi connectivity index (χ4v) is 2.85. The minimum Gasteiger partial charge on any atom is -0.383 e. The highest BCUT2D eigenvalue weighted by atomic mass is 16.5. The van der Waals surface area contributed by atoms with Crippen LogP contribution in [0, 0.1) is 11.8 Å². The van der Waals surface area contributed by atoms with Crippen LogP contribution in [0.25, 0.3) is 0 Å². The summed E-state index contributed by atoms with van der Waals surface area (Å²) in [5, 5.41) is 6.17. The number of rotatable bonds is 8. The van der Waals surface area contributed by atoms with Crippen LogP contribution < -0.4 is 10.6 Å². The molecule has 112 valence electrons. The average molecular weight is 270 g/mol. The van der Waals surface area contributed by atoms with E-state index in [2.05, 4.69) is 17.6 Å². The van der Waals surface area contributed by atoms with E-state index in [1.807, 2.05) is 6.92 Å². The molecule has 2 N–H and O–H groups in total. The van der Waals surface area contributed by atoms with Gasteiger partial charge in [-0.05, 0) is 38.1 Å². The third kappa shape index (κ3) is 6.92. The standard InChI is InChI=1S/C15H30N2O2/c1-12-5-4-6-14(11-12)7-8-16-13(2)15(18)17-9-10-19-3/h12-14,16H,4-11H2,1-3H3,(H,17,18). The van der Waals surface area contributed by atoms with E-state index in [4.69, 9.17) is 4.74 Å². The van der Waals surface area contributed by atoms with Gasteiger partial charge in [-0.3, -0.25) is 4.79 Å². The van der Waals surface area contributed by atoms with Gasteiger partial charge in [0, 0.05) is 13.7 Å². The summed E-state index contributed by atoms with van der Waals surface area (Å²) in [5.74, 6) is 1.79. The maximum absolute atomic E-state index is 11.7. The summed E-state index contributed by atoms with van der Waals surface area (Å²) in [4.78, 5) is 11.7. The Kier molecular flexibility index (Phi) is 8.07. The molecule has 0 aromatic carbocycles. The Morgan fingerprint density at radius 2 is 2.16 bits per heavy atom. The van der Waals surface area contributed by atoms with Crippen LogP contribution in [0.2, 0.25) is 0 Å². The van der Waals surface area contributed by atoms with E-state index in [0.29, 0.717) is 13.2 Å². The molecule has 1 aliphatic rings. The third-order valence-electron chi connectivity index (χ3n) is 4.05. The van der Waals surface area contributed by atoms with Gasteiger partial charge in [0.2, 0.25) is 5.91 Å². The fourth-order valence-electron chi connectivity index (χ4n) is 2.85. The molecule has 1 saturated carbocycles. The first-order valence-electron chi connectivity index (χ1n) is 7.63. The van der Waals surface area contributed by atoms with Crippen LogP contribution >= 0.6 is 0 Å². The molecule has 1 amide bonds. The van der Waals surface area contributed by atoms with Gasteiger partial charge in [0.1, 0.15) is 0 Å². The second-order valence-electron chi connectivity index (χ2n) is 5.89. The van der Waals surface area contributed by atoms with Crippen molar-refractivity contribution in [2.45, 2.75) is 52.0 Å². The molecule has 19 heavy (non-hydrogen) atoms. The molecule has 0 radical (unpaired) electrons. The first-order valence-corrected chi connectivity index (χ1v) is 7.63. The molecule has 1 fully saturated rings. The Labute approximate surface area is 117 Å². The summed E-state index contributed by atoms with van der Waals surface area (Å²) in [5.41, 5.74) is 0. The Hall–Kier alpha value is -0.610. The second kappa shape index (κ2) is 9.32. The van der Waals surface area contributed by atoms with Gasteiger partial charge < -0.3 is 15.4 Å². The first kappa shape index (κ1) is 16.4. The molecule has 0 aliphatic heterocycles. The van der Waals surface area contributed by atoms with Gasteiger partial charge in [-0.25, -0.2) is 0 Å². The van der Waals surface area contributed by atoms with Gasteiger partial charge in [0.15, 0.2) is 0 Å². The Morgan fingerprint density at radius 3 is 2.84 bits per heavy atom. The molecule has 1 rings (SSSR count). The lowest BCUT2D eigenvalue weighted by Gasteiger charge is -2.27. The van der Waals surface area contributed by atoms with Gasteiger partial charge in [0.25, 0.3) is 0 Å². The number of ether oxygens (including phenoxy) is 1. The molecule has 0 aromatic rings. The van der Waals surface area contributed by atoms with E-state index in [9.17, 15) is 4.79 Å². The normalized spacial score (nSPS) is 25.0. The molecule has 0 bridgehead atoms. The number of amides is 1. The molecule has 4 nitrogen and oxygen atoms in total. The number of carbonyl (C=O) groups excluding carboxylic acids is 1. The van der Waals surface area contributed by atoms with Crippen molar-refractivity contribution in [3.8, 4) is 0 Å². The minimum absolute atomic E-state index is 0.0639. The van der Waals surface area contributed by atoms with Crippen molar-refractivity contribution in [2.24, 2.45) is 11.8 Å². The molecule has 0 heterocycles. The maximum atomic E-state index is 11.7. The summed E-state index contributed by atoms with van der Waals surface area (Å²) in [7, 11) is 1.64. The minimum atomic E-state index is -0.113. The van der Waals surface area contributed by atoms with Crippen LogP contribution in [0.1, 0.15) is 46.0 Å².